The van der Waals surface area contributed by atoms with Gasteiger partial charge in [-0.15, -0.1) is 0 Å². The highest BCUT2D eigenvalue weighted by Crippen LogP contribution is 2.36. The van der Waals surface area contributed by atoms with Crippen LogP contribution in [0, 0.1) is 0 Å². The minimum Gasteiger partial charge on any atom is -0.492 e. The van der Waals surface area contributed by atoms with E-state index in [9.17, 15) is 0 Å². The molecule has 0 N–H and O–H groups in total. The first-order valence-electron chi connectivity index (χ1n) is 13.9. The monoisotopic (exact) mass is 512 g/mol. The lowest BCUT2D eigenvalue weighted by atomic mass is 9.88. The number of ether oxygens (including phenoxy) is 1. The largest absolute Gasteiger partial charge is 0.492 e. The molecular weight excluding hydrogens is 467 g/mol. The van der Waals surface area contributed by atoms with Crippen LogP contribution in [0.5, 0.6) is 5.75 Å². The van der Waals surface area contributed by atoms with E-state index in [1.54, 1.807) is 0 Å². The molecule has 0 amide bonds. The van der Waals surface area contributed by atoms with Gasteiger partial charge in [0.05, 0.1) is 6.61 Å². The molecule has 37 heavy (non-hydrogen) atoms. The summed E-state index contributed by atoms with van der Waals surface area (Å²) >= 11 is 0. The van der Waals surface area contributed by atoms with Crippen LogP contribution in [0.25, 0.3) is 22.3 Å². The molecule has 0 aromatic heterocycles. The van der Waals surface area contributed by atoms with Crippen molar-refractivity contribution >= 4 is 21.6 Å². The molecule has 4 heteroatoms. The molecule has 0 saturated carbocycles. The van der Waals surface area contributed by atoms with Gasteiger partial charge in [-0.25, -0.2) is 0 Å². The van der Waals surface area contributed by atoms with Gasteiger partial charge in [-0.3, -0.25) is 0 Å². The van der Waals surface area contributed by atoms with Crippen molar-refractivity contribution in [2.24, 2.45) is 0 Å². The Morgan fingerprint density at radius 2 is 1.46 bits per heavy atom. The van der Waals surface area contributed by atoms with Crippen LogP contribution in [0.4, 0.5) is 0 Å². The summed E-state index contributed by atoms with van der Waals surface area (Å²) in [5.74, 6) is 0.719. The van der Waals surface area contributed by atoms with Gasteiger partial charge in [-0.05, 0) is 76.8 Å². The fourth-order valence-electron chi connectivity index (χ4n) is 4.30. The van der Waals surface area contributed by atoms with Crippen molar-refractivity contribution in [1.82, 2.24) is 0 Å². The van der Waals surface area contributed by atoms with Gasteiger partial charge in [0.2, 0.25) is 0 Å². The van der Waals surface area contributed by atoms with Gasteiger partial charge in [0, 0.05) is 0 Å². The summed E-state index contributed by atoms with van der Waals surface area (Å²) in [5, 5.41) is 0.192. The minimum atomic E-state index is -1.77. The Balaban J connectivity index is 1.68. The van der Waals surface area contributed by atoms with Crippen LogP contribution >= 0.6 is 0 Å². The van der Waals surface area contributed by atoms with Crippen molar-refractivity contribution in [3.05, 3.63) is 71.8 Å². The minimum absolute atomic E-state index is 0.192. The highest BCUT2D eigenvalue weighted by Gasteiger charge is 2.36. The molecule has 0 atom stereocenters. The van der Waals surface area contributed by atoms with Crippen molar-refractivity contribution in [3.63, 3.8) is 0 Å². The Morgan fingerprint density at radius 1 is 0.784 bits per heavy atom. The first-order chi connectivity index (χ1) is 17.6. The third-order valence-corrected chi connectivity index (χ3v) is 12.3. The van der Waals surface area contributed by atoms with Gasteiger partial charge in [0.25, 0.3) is 0 Å². The van der Waals surface area contributed by atoms with Gasteiger partial charge < -0.3 is 9.16 Å². The van der Waals surface area contributed by atoms with Crippen molar-refractivity contribution in [2.45, 2.75) is 84.9 Å². The normalized spacial score (nSPS) is 12.1. The van der Waals surface area contributed by atoms with Crippen molar-refractivity contribution < 1.29 is 9.16 Å². The quantitative estimate of drug-likeness (QED) is 0.179. The molecule has 0 aliphatic carbocycles. The van der Waals surface area contributed by atoms with E-state index in [0.29, 0.717) is 18.7 Å². The molecule has 0 spiro atoms. The van der Waals surface area contributed by atoms with E-state index >= 15 is 0 Å². The van der Waals surface area contributed by atoms with Crippen LogP contribution in [0.15, 0.2) is 60.7 Å². The number of hydrogen-bond donors (Lipinski definition) is 0. The fraction of sp³-hybridized carbons (Fsp3) is 0.455. The summed E-state index contributed by atoms with van der Waals surface area (Å²) < 4.78 is 12.2. The van der Waals surface area contributed by atoms with Crippen LogP contribution in [0.3, 0.4) is 0 Å². The lowest BCUT2D eigenvalue weighted by Gasteiger charge is -2.36. The zero-order valence-corrected chi connectivity index (χ0v) is 25.1. The Kier molecular flexibility index (Phi) is 10.3. The van der Waals surface area contributed by atoms with Gasteiger partial charge in [0.1, 0.15) is 20.2 Å². The highest BCUT2D eigenvalue weighted by atomic mass is 28.4. The van der Waals surface area contributed by atoms with Crippen LogP contribution < -0.4 is 10.2 Å². The van der Waals surface area contributed by atoms with Crippen LogP contribution in [-0.4, -0.2) is 29.4 Å². The summed E-state index contributed by atoms with van der Waals surface area (Å²) in [5.41, 5.74) is 8.28. The molecule has 0 aliphatic rings. The Morgan fingerprint density at radius 3 is 2.08 bits per heavy atom. The van der Waals surface area contributed by atoms with E-state index in [1.807, 2.05) is 12.1 Å². The molecule has 0 bridgehead atoms. The maximum Gasteiger partial charge on any atom is 0.192 e. The van der Waals surface area contributed by atoms with Crippen molar-refractivity contribution in [2.75, 3.05) is 13.2 Å². The van der Waals surface area contributed by atoms with E-state index in [-0.39, 0.29) is 5.04 Å². The molecule has 3 rings (SSSR count). The Labute approximate surface area is 228 Å². The standard InChI is InChI=1S/C33H45BO2Si/c1-8-10-11-12-25-13-15-27(16-14-25)28-17-19-30(26(9-2)23-28)29-18-20-32(31(34)24-29)35-21-22-36-37(6,7)33(3,4)5/h13-20,23-24H,8-12,21-22H2,1-7H3. The molecule has 0 saturated heterocycles. The number of unbranched alkanes of at least 4 members (excludes halogenated alkanes) is 2. The second-order valence-electron chi connectivity index (χ2n) is 11.6. The zero-order valence-electron chi connectivity index (χ0n) is 24.1. The zero-order chi connectivity index (χ0) is 27.1. The number of benzene rings is 3. The Hall–Kier alpha value is -2.30. The van der Waals surface area contributed by atoms with Crippen LogP contribution in [-0.2, 0) is 17.3 Å². The van der Waals surface area contributed by atoms with Crippen molar-refractivity contribution in [1.29, 1.82) is 0 Å². The summed E-state index contributed by atoms with van der Waals surface area (Å²) in [4.78, 5) is 0. The predicted octanol–water partition coefficient (Wildman–Crippen LogP) is 8.51. The van der Waals surface area contributed by atoms with Gasteiger partial charge in [-0.1, -0.05) is 108 Å². The number of rotatable bonds is 12. The topological polar surface area (TPSA) is 18.5 Å². The van der Waals surface area contributed by atoms with Gasteiger partial charge in [-0.2, -0.15) is 0 Å². The smallest absolute Gasteiger partial charge is 0.192 e. The van der Waals surface area contributed by atoms with E-state index < -0.39 is 8.32 Å². The summed E-state index contributed by atoms with van der Waals surface area (Å²) in [6.07, 6.45) is 5.95. The molecule has 0 aliphatic heterocycles. The summed E-state index contributed by atoms with van der Waals surface area (Å²) in [6.45, 7) is 16.8. The van der Waals surface area contributed by atoms with Crippen LogP contribution in [0.2, 0.25) is 18.1 Å². The number of aryl methyl sites for hydroxylation is 2. The first-order valence-corrected chi connectivity index (χ1v) is 16.9. The molecule has 2 nitrogen and oxygen atoms in total. The lowest BCUT2D eigenvalue weighted by Crippen LogP contribution is -2.41. The molecule has 2 radical (unpaired) electrons. The third-order valence-electron chi connectivity index (χ3n) is 7.77. The SMILES string of the molecule is [B]c1cc(-c2ccc(-c3ccc(CCCCC)cc3)cc2CC)ccc1OCCO[Si](C)(C)C(C)(C)C. The maximum atomic E-state index is 6.41. The van der Waals surface area contributed by atoms with Gasteiger partial charge in [0.15, 0.2) is 8.32 Å². The van der Waals surface area contributed by atoms with E-state index in [1.165, 1.54) is 47.1 Å². The second-order valence-corrected chi connectivity index (χ2v) is 16.4. The van der Waals surface area contributed by atoms with Crippen LogP contribution in [0.1, 0.15) is 65.0 Å². The summed E-state index contributed by atoms with van der Waals surface area (Å²) in [6, 6.07) is 22.0. The molecule has 3 aromatic carbocycles. The highest BCUT2D eigenvalue weighted by molar-refractivity contribution is 6.74. The molecule has 0 heterocycles. The van der Waals surface area contributed by atoms with Gasteiger partial charge >= 0.3 is 0 Å². The van der Waals surface area contributed by atoms with E-state index in [4.69, 9.17) is 17.0 Å². The second kappa shape index (κ2) is 13.0. The summed E-state index contributed by atoms with van der Waals surface area (Å²) in [7, 11) is 4.64. The Bertz CT molecular complexity index is 1150. The molecular formula is C33H45BO2Si. The lowest BCUT2D eigenvalue weighted by molar-refractivity contribution is 0.204. The predicted molar refractivity (Wildman–Crippen MR) is 164 cm³/mol. The van der Waals surface area contributed by atoms with Crippen molar-refractivity contribution in [3.8, 4) is 28.0 Å². The average Bonchev–Trinajstić information content (AvgIpc) is 2.87. The van der Waals surface area contributed by atoms with E-state index in [2.05, 4.69) is 96.2 Å². The van der Waals surface area contributed by atoms with E-state index in [0.717, 1.165) is 24.2 Å². The third kappa shape index (κ3) is 7.85. The average molecular weight is 513 g/mol. The first kappa shape index (κ1) is 29.3. The maximum absolute atomic E-state index is 6.41. The fourth-order valence-corrected chi connectivity index (χ4v) is 5.33. The molecule has 196 valence electrons. The molecule has 0 fully saturated rings. The molecule has 0 unspecified atom stereocenters. The molecule has 3 aromatic rings. The number of hydrogen-bond acceptors (Lipinski definition) is 2.